The first kappa shape index (κ1) is 19.3. The number of H-pyrrole nitrogens is 1. The third kappa shape index (κ3) is 3.62. The highest BCUT2D eigenvalue weighted by molar-refractivity contribution is 6.34. The lowest BCUT2D eigenvalue weighted by atomic mass is 9.95. The Morgan fingerprint density at radius 3 is 2.74 bits per heavy atom. The molecule has 0 radical (unpaired) electrons. The molecule has 23 heavy (non-hydrogen) atoms. The van der Waals surface area contributed by atoms with Crippen molar-refractivity contribution < 1.29 is 9.13 Å². The van der Waals surface area contributed by atoms with E-state index < -0.39 is 5.82 Å². The van der Waals surface area contributed by atoms with E-state index in [0.29, 0.717) is 28.9 Å². The number of methoxy groups -OCH3 is 1. The number of aromatic amines is 1. The van der Waals surface area contributed by atoms with E-state index in [1.165, 1.54) is 0 Å². The normalized spacial score (nSPS) is 12.7. The average molecular weight is 340 g/mol. The van der Waals surface area contributed by atoms with Crippen LogP contribution >= 0.6 is 11.6 Å². The summed E-state index contributed by atoms with van der Waals surface area (Å²) in [7, 11) is 1.58. The molecule has 1 N–H and O–H groups in total. The van der Waals surface area contributed by atoms with Gasteiger partial charge in [-0.1, -0.05) is 38.4 Å². The molecule has 1 heterocycles. The molecule has 0 aliphatic carbocycles. The van der Waals surface area contributed by atoms with Crippen molar-refractivity contribution in [2.45, 2.75) is 33.6 Å². The maximum absolute atomic E-state index is 14.8. The van der Waals surface area contributed by atoms with Crippen LogP contribution in [-0.2, 0) is 4.74 Å². The van der Waals surface area contributed by atoms with Crippen LogP contribution in [0.1, 0.15) is 44.7 Å². The van der Waals surface area contributed by atoms with Crippen molar-refractivity contribution in [3.63, 3.8) is 0 Å². The SMILES string of the molecule is C=N/C(=C\C)c1c(Cl)c(F)c(C(C)COC)c2[nH]ncc12.CC. The Morgan fingerprint density at radius 1 is 1.57 bits per heavy atom. The number of hydrogen-bond donors (Lipinski definition) is 1. The molecule has 1 unspecified atom stereocenters. The van der Waals surface area contributed by atoms with Gasteiger partial charge in [-0.2, -0.15) is 5.10 Å². The van der Waals surface area contributed by atoms with Crippen LogP contribution in [0.5, 0.6) is 0 Å². The van der Waals surface area contributed by atoms with Gasteiger partial charge < -0.3 is 4.74 Å². The number of hydrogen-bond acceptors (Lipinski definition) is 3. The molecule has 0 spiro atoms. The number of fused-ring (bicyclic) bond motifs is 1. The predicted molar refractivity (Wildman–Crippen MR) is 95.9 cm³/mol. The molecule has 1 aromatic carbocycles. The maximum atomic E-state index is 14.8. The second kappa shape index (κ2) is 8.79. The maximum Gasteiger partial charge on any atom is 0.148 e. The number of rotatable bonds is 5. The van der Waals surface area contributed by atoms with Crippen molar-refractivity contribution in [1.82, 2.24) is 10.2 Å². The highest BCUT2D eigenvalue weighted by atomic mass is 35.5. The smallest absolute Gasteiger partial charge is 0.148 e. The van der Waals surface area contributed by atoms with Gasteiger partial charge in [0.05, 0.1) is 29.0 Å². The molecule has 0 aliphatic rings. The van der Waals surface area contributed by atoms with Crippen molar-refractivity contribution in [3.8, 4) is 0 Å². The molecule has 1 aromatic heterocycles. The molecule has 1 atom stereocenters. The fraction of sp³-hybridized carbons (Fsp3) is 0.412. The Bertz CT molecular complexity index is 709. The van der Waals surface area contributed by atoms with Crippen molar-refractivity contribution in [1.29, 1.82) is 0 Å². The lowest BCUT2D eigenvalue weighted by Crippen LogP contribution is -2.07. The zero-order valence-corrected chi connectivity index (χ0v) is 15.0. The monoisotopic (exact) mass is 339 g/mol. The Labute approximate surface area is 141 Å². The molecule has 4 nitrogen and oxygen atoms in total. The summed E-state index contributed by atoms with van der Waals surface area (Å²) in [5.41, 5.74) is 2.11. The van der Waals surface area contributed by atoms with Gasteiger partial charge in [-0.05, 0) is 13.6 Å². The van der Waals surface area contributed by atoms with E-state index in [1.54, 1.807) is 26.3 Å². The van der Waals surface area contributed by atoms with Crippen molar-refractivity contribution in [2.75, 3.05) is 13.7 Å². The van der Waals surface area contributed by atoms with Crippen LogP contribution in [0, 0.1) is 5.82 Å². The molecule has 0 saturated carbocycles. The predicted octanol–water partition coefficient (Wildman–Crippen LogP) is 5.19. The third-order valence-electron chi connectivity index (χ3n) is 3.44. The van der Waals surface area contributed by atoms with E-state index in [1.807, 2.05) is 20.8 Å². The van der Waals surface area contributed by atoms with Gasteiger partial charge in [0.25, 0.3) is 0 Å². The average Bonchev–Trinajstić information content (AvgIpc) is 3.02. The van der Waals surface area contributed by atoms with Gasteiger partial charge in [0, 0.05) is 29.5 Å². The van der Waals surface area contributed by atoms with Gasteiger partial charge in [0.2, 0.25) is 0 Å². The van der Waals surface area contributed by atoms with Gasteiger partial charge in [-0.25, -0.2) is 4.39 Å². The summed E-state index contributed by atoms with van der Waals surface area (Å²) in [5.74, 6) is -0.633. The second-order valence-corrected chi connectivity index (χ2v) is 5.14. The number of aromatic nitrogens is 2. The van der Waals surface area contributed by atoms with E-state index in [9.17, 15) is 4.39 Å². The topological polar surface area (TPSA) is 50.3 Å². The lowest BCUT2D eigenvalue weighted by molar-refractivity contribution is 0.183. The van der Waals surface area contributed by atoms with Crippen LogP contribution in [0.3, 0.4) is 0 Å². The molecular weight excluding hydrogens is 317 g/mol. The van der Waals surface area contributed by atoms with Gasteiger partial charge in [-0.15, -0.1) is 0 Å². The van der Waals surface area contributed by atoms with Crippen molar-refractivity contribution in [2.24, 2.45) is 4.99 Å². The number of halogens is 2. The Morgan fingerprint density at radius 2 is 2.22 bits per heavy atom. The second-order valence-electron chi connectivity index (χ2n) is 4.76. The van der Waals surface area contributed by atoms with Crippen molar-refractivity contribution in [3.05, 3.63) is 34.2 Å². The molecule has 6 heteroatoms. The zero-order valence-electron chi connectivity index (χ0n) is 14.2. The van der Waals surface area contributed by atoms with Gasteiger partial charge in [0.1, 0.15) is 5.82 Å². The first-order chi connectivity index (χ1) is 11.1. The summed E-state index contributed by atoms with van der Waals surface area (Å²) in [6.07, 6.45) is 3.35. The number of aliphatic imine (C=N–C) groups is 1. The Kier molecular flexibility index (Phi) is 7.39. The summed E-state index contributed by atoms with van der Waals surface area (Å²) in [4.78, 5) is 3.91. The molecule has 0 aliphatic heterocycles. The largest absolute Gasteiger partial charge is 0.384 e. The van der Waals surface area contributed by atoms with Gasteiger partial charge in [-0.3, -0.25) is 10.1 Å². The van der Waals surface area contributed by atoms with Crippen LogP contribution in [0.2, 0.25) is 5.02 Å². The quantitative estimate of drug-likeness (QED) is 0.762. The van der Waals surface area contributed by atoms with Gasteiger partial charge in [0.15, 0.2) is 0 Å². The van der Waals surface area contributed by atoms with Crippen LogP contribution in [-0.4, -0.2) is 30.6 Å². The van der Waals surface area contributed by atoms with E-state index in [-0.39, 0.29) is 10.9 Å². The lowest BCUT2D eigenvalue weighted by Gasteiger charge is -2.16. The number of nitrogens with one attached hydrogen (secondary N) is 1. The van der Waals surface area contributed by atoms with Crippen LogP contribution in [0.15, 0.2) is 17.3 Å². The van der Waals surface area contributed by atoms with E-state index in [0.717, 1.165) is 5.39 Å². The standard InChI is InChI=1S/C15H17ClFN3O.C2H6/c1-5-10(18-3)12-9-6-19-20-15(9)11(8(2)7-21-4)14(17)13(12)16;1-2/h5-6,8H,3,7H2,1-2,4H3,(H,19,20);1-2H3/b10-5-;. The summed E-state index contributed by atoms with van der Waals surface area (Å²) >= 11 is 6.24. The molecule has 126 valence electrons. The van der Waals surface area contributed by atoms with Crippen LogP contribution in [0.25, 0.3) is 16.6 Å². The van der Waals surface area contributed by atoms with E-state index >= 15 is 0 Å². The fourth-order valence-electron chi connectivity index (χ4n) is 2.50. The van der Waals surface area contributed by atoms with Crippen molar-refractivity contribution >= 4 is 34.9 Å². The third-order valence-corrected chi connectivity index (χ3v) is 3.79. The Hall–Kier alpha value is -1.72. The highest BCUT2D eigenvalue weighted by Gasteiger charge is 2.24. The molecule has 0 fully saturated rings. The molecule has 0 bridgehead atoms. The van der Waals surface area contributed by atoms with E-state index in [4.69, 9.17) is 16.3 Å². The molecular formula is C17H23ClFN3O. The minimum Gasteiger partial charge on any atom is -0.384 e. The molecule has 0 saturated heterocycles. The summed E-state index contributed by atoms with van der Waals surface area (Å²) in [6, 6.07) is 0. The first-order valence-corrected chi connectivity index (χ1v) is 7.90. The summed E-state index contributed by atoms with van der Waals surface area (Å²) in [6.45, 7) is 11.6. The zero-order chi connectivity index (χ0) is 17.6. The molecule has 2 rings (SSSR count). The number of ether oxygens (including phenoxy) is 1. The minimum atomic E-state index is -0.476. The minimum absolute atomic E-state index is 0.0300. The van der Waals surface area contributed by atoms with E-state index in [2.05, 4.69) is 21.9 Å². The highest BCUT2D eigenvalue weighted by Crippen LogP contribution is 2.39. The Balaban J connectivity index is 0.00000127. The fourth-order valence-corrected chi connectivity index (χ4v) is 2.80. The molecule has 2 aromatic rings. The summed E-state index contributed by atoms with van der Waals surface area (Å²) in [5, 5.41) is 7.62. The summed E-state index contributed by atoms with van der Waals surface area (Å²) < 4.78 is 19.9. The number of benzene rings is 1. The van der Waals surface area contributed by atoms with Crippen LogP contribution < -0.4 is 0 Å². The number of allylic oxidation sites excluding steroid dienone is 1. The van der Waals surface area contributed by atoms with Gasteiger partial charge >= 0.3 is 0 Å². The number of nitrogens with zero attached hydrogens (tertiary/aromatic N) is 2. The molecule has 0 amide bonds. The van der Waals surface area contributed by atoms with Crippen LogP contribution in [0.4, 0.5) is 4.39 Å². The first-order valence-electron chi connectivity index (χ1n) is 7.53.